The first-order chi connectivity index (χ1) is 7.74. The van der Waals surface area contributed by atoms with Crippen LogP contribution in [0.5, 0.6) is 0 Å². The highest BCUT2D eigenvalue weighted by Gasteiger charge is 1.91. The molecule has 0 spiro atoms. The van der Waals surface area contributed by atoms with Gasteiger partial charge in [-0.15, -0.1) is 0 Å². The van der Waals surface area contributed by atoms with Crippen LogP contribution < -0.4 is 0 Å². The molecule has 2 aromatic carbocycles. The van der Waals surface area contributed by atoms with E-state index in [1.807, 2.05) is 12.1 Å². The molecule has 3 heteroatoms. The highest BCUT2D eigenvalue weighted by Crippen LogP contribution is 2.13. The van der Waals surface area contributed by atoms with Crippen molar-refractivity contribution in [3.8, 4) is 0 Å². The van der Waals surface area contributed by atoms with E-state index < -0.39 is 0 Å². The van der Waals surface area contributed by atoms with Crippen LogP contribution in [0.25, 0.3) is 0 Å². The van der Waals surface area contributed by atoms with Gasteiger partial charge in [0.1, 0.15) is 5.82 Å². The normalized spacial score (nSPS) is 10.9. The minimum absolute atomic E-state index is 0.259. The number of aliphatic imine (C=N–C) groups is 1. The van der Waals surface area contributed by atoms with Crippen LogP contribution in [0.2, 0.25) is 5.02 Å². The lowest BCUT2D eigenvalue weighted by Crippen LogP contribution is -1.79. The van der Waals surface area contributed by atoms with Gasteiger partial charge in [-0.2, -0.15) is 0 Å². The molecule has 2 rings (SSSR count). The van der Waals surface area contributed by atoms with E-state index in [0.29, 0.717) is 5.02 Å². The molecule has 0 N–H and O–H groups in total. The lowest BCUT2D eigenvalue weighted by atomic mass is 10.2. The molecule has 0 aliphatic rings. The third-order valence-corrected chi connectivity index (χ3v) is 2.31. The van der Waals surface area contributed by atoms with Crippen LogP contribution in [0.3, 0.4) is 0 Å². The van der Waals surface area contributed by atoms with Gasteiger partial charge in [0.05, 0.1) is 5.69 Å². The Balaban J connectivity index is 2.15. The van der Waals surface area contributed by atoms with Gasteiger partial charge in [0.25, 0.3) is 0 Å². The fourth-order valence-corrected chi connectivity index (χ4v) is 1.35. The molecule has 0 atom stereocenters. The second-order valence-corrected chi connectivity index (χ2v) is 3.72. The van der Waals surface area contributed by atoms with E-state index in [2.05, 4.69) is 4.99 Å². The average Bonchev–Trinajstić information content (AvgIpc) is 2.30. The van der Waals surface area contributed by atoms with E-state index in [9.17, 15) is 4.39 Å². The molecule has 0 saturated heterocycles. The topological polar surface area (TPSA) is 12.4 Å². The predicted octanol–water partition coefficient (Wildman–Crippen LogP) is 4.23. The molecule has 0 aliphatic heterocycles. The van der Waals surface area contributed by atoms with Crippen LogP contribution in [0.15, 0.2) is 53.5 Å². The van der Waals surface area contributed by atoms with Crippen molar-refractivity contribution in [2.24, 2.45) is 4.99 Å². The summed E-state index contributed by atoms with van der Waals surface area (Å²) in [6.07, 6.45) is 1.71. The molecule has 16 heavy (non-hydrogen) atoms. The number of rotatable bonds is 2. The highest BCUT2D eigenvalue weighted by atomic mass is 35.5. The van der Waals surface area contributed by atoms with Crippen LogP contribution in [0, 0.1) is 5.82 Å². The Morgan fingerprint density at radius 2 is 1.56 bits per heavy atom. The highest BCUT2D eigenvalue weighted by molar-refractivity contribution is 6.30. The Hall–Kier alpha value is -1.67. The first-order valence-electron chi connectivity index (χ1n) is 4.79. The fraction of sp³-hybridized carbons (Fsp3) is 0. The molecule has 0 saturated carbocycles. The summed E-state index contributed by atoms with van der Waals surface area (Å²) in [5, 5.41) is 0.693. The summed E-state index contributed by atoms with van der Waals surface area (Å²) in [7, 11) is 0. The average molecular weight is 234 g/mol. The van der Waals surface area contributed by atoms with Gasteiger partial charge in [-0.05, 0) is 42.0 Å². The maximum atomic E-state index is 12.6. The molecular weight excluding hydrogens is 225 g/mol. The molecular formula is C13H9ClFN. The Labute approximate surface area is 98.2 Å². The molecule has 0 heterocycles. The lowest BCUT2D eigenvalue weighted by molar-refractivity contribution is 0.628. The summed E-state index contributed by atoms with van der Waals surface area (Å²) >= 11 is 5.76. The molecule has 0 unspecified atom stereocenters. The molecule has 0 fully saturated rings. The number of benzene rings is 2. The molecule has 2 aromatic rings. The van der Waals surface area contributed by atoms with Gasteiger partial charge in [0.15, 0.2) is 0 Å². The number of halogens is 2. The maximum absolute atomic E-state index is 12.6. The zero-order chi connectivity index (χ0) is 11.4. The smallest absolute Gasteiger partial charge is 0.123 e. The van der Waals surface area contributed by atoms with Crippen molar-refractivity contribution in [1.29, 1.82) is 0 Å². The Bertz CT molecular complexity index is 441. The lowest BCUT2D eigenvalue weighted by Gasteiger charge is -1.94. The zero-order valence-corrected chi connectivity index (χ0v) is 9.16. The van der Waals surface area contributed by atoms with Crippen molar-refractivity contribution in [3.63, 3.8) is 0 Å². The fourth-order valence-electron chi connectivity index (χ4n) is 1.23. The second kappa shape index (κ2) is 4.90. The van der Waals surface area contributed by atoms with Crippen LogP contribution in [-0.2, 0) is 0 Å². The van der Waals surface area contributed by atoms with Gasteiger partial charge in [0.2, 0.25) is 0 Å². The van der Waals surface area contributed by atoms with E-state index in [1.54, 1.807) is 30.5 Å². The summed E-state index contributed by atoms with van der Waals surface area (Å²) < 4.78 is 12.6. The molecule has 0 aromatic heterocycles. The Kier molecular flexibility index (Phi) is 3.32. The monoisotopic (exact) mass is 233 g/mol. The van der Waals surface area contributed by atoms with Crippen LogP contribution in [0.1, 0.15) is 5.56 Å². The summed E-state index contributed by atoms with van der Waals surface area (Å²) in [6.45, 7) is 0. The van der Waals surface area contributed by atoms with Crippen molar-refractivity contribution in [2.75, 3.05) is 0 Å². The van der Waals surface area contributed by atoms with E-state index in [1.165, 1.54) is 12.1 Å². The van der Waals surface area contributed by atoms with Crippen LogP contribution in [0.4, 0.5) is 10.1 Å². The SMILES string of the molecule is Fc1ccc(/N=C/c2ccc(Cl)cc2)cc1. The quantitative estimate of drug-likeness (QED) is 0.689. The maximum Gasteiger partial charge on any atom is 0.123 e. The molecule has 80 valence electrons. The summed E-state index contributed by atoms with van der Waals surface area (Å²) in [6, 6.07) is 13.4. The summed E-state index contributed by atoms with van der Waals surface area (Å²) in [5.74, 6) is -0.259. The zero-order valence-electron chi connectivity index (χ0n) is 8.40. The van der Waals surface area contributed by atoms with Gasteiger partial charge in [-0.25, -0.2) is 4.39 Å². The molecule has 1 nitrogen and oxygen atoms in total. The summed E-state index contributed by atoms with van der Waals surface area (Å²) in [4.78, 5) is 4.21. The number of hydrogen-bond acceptors (Lipinski definition) is 1. The van der Waals surface area contributed by atoms with E-state index >= 15 is 0 Å². The van der Waals surface area contributed by atoms with Gasteiger partial charge in [0, 0.05) is 11.2 Å². The Morgan fingerprint density at radius 1 is 0.938 bits per heavy atom. The first-order valence-corrected chi connectivity index (χ1v) is 5.17. The van der Waals surface area contributed by atoms with E-state index in [-0.39, 0.29) is 5.82 Å². The molecule has 0 amide bonds. The van der Waals surface area contributed by atoms with Crippen molar-refractivity contribution < 1.29 is 4.39 Å². The minimum atomic E-state index is -0.259. The van der Waals surface area contributed by atoms with Crippen LogP contribution in [-0.4, -0.2) is 6.21 Å². The largest absolute Gasteiger partial charge is 0.256 e. The number of nitrogens with zero attached hydrogens (tertiary/aromatic N) is 1. The molecule has 0 aliphatic carbocycles. The summed E-state index contributed by atoms with van der Waals surface area (Å²) in [5.41, 5.74) is 1.67. The Morgan fingerprint density at radius 3 is 2.19 bits per heavy atom. The van der Waals surface area contributed by atoms with Crippen molar-refractivity contribution in [2.45, 2.75) is 0 Å². The van der Waals surface area contributed by atoms with E-state index in [4.69, 9.17) is 11.6 Å². The first kappa shape index (κ1) is 10.8. The third-order valence-electron chi connectivity index (χ3n) is 2.06. The molecule has 0 radical (unpaired) electrons. The van der Waals surface area contributed by atoms with Gasteiger partial charge >= 0.3 is 0 Å². The van der Waals surface area contributed by atoms with Crippen molar-refractivity contribution in [3.05, 3.63) is 64.9 Å². The third kappa shape index (κ3) is 2.91. The minimum Gasteiger partial charge on any atom is -0.256 e. The van der Waals surface area contributed by atoms with E-state index in [0.717, 1.165) is 11.3 Å². The number of hydrogen-bond donors (Lipinski definition) is 0. The van der Waals surface area contributed by atoms with Crippen molar-refractivity contribution in [1.82, 2.24) is 0 Å². The van der Waals surface area contributed by atoms with Gasteiger partial charge in [-0.3, -0.25) is 4.99 Å². The van der Waals surface area contributed by atoms with Gasteiger partial charge < -0.3 is 0 Å². The molecule has 0 bridgehead atoms. The van der Waals surface area contributed by atoms with Crippen molar-refractivity contribution >= 4 is 23.5 Å². The standard InChI is InChI=1S/C13H9ClFN/c14-11-3-1-10(2-4-11)9-16-13-7-5-12(15)6-8-13/h1-9H/b16-9+. The van der Waals surface area contributed by atoms with Crippen LogP contribution >= 0.6 is 11.6 Å². The predicted molar refractivity (Wildman–Crippen MR) is 65.1 cm³/mol. The second-order valence-electron chi connectivity index (χ2n) is 3.29. The van der Waals surface area contributed by atoms with Gasteiger partial charge in [-0.1, -0.05) is 23.7 Å².